The molecule has 6 heteroatoms. The first kappa shape index (κ1) is 30.9. The Labute approximate surface area is 245 Å². The van der Waals surface area contributed by atoms with Crippen molar-refractivity contribution in [3.8, 4) is 0 Å². The van der Waals surface area contributed by atoms with E-state index in [9.17, 15) is 4.79 Å². The summed E-state index contributed by atoms with van der Waals surface area (Å²) >= 11 is 0. The number of carbonyl (C=O) groups excluding carboxylic acids is 1. The molecular formula is C35H46N2O4. The lowest BCUT2D eigenvalue weighted by Gasteiger charge is -2.35. The largest absolute Gasteiger partial charge is 0.375 e. The summed E-state index contributed by atoms with van der Waals surface area (Å²) in [5.41, 5.74) is 2.90. The Bertz CT molecular complexity index is 1200. The first-order valence-electron chi connectivity index (χ1n) is 14.6. The zero-order chi connectivity index (χ0) is 29.3. The Balaban J connectivity index is 1.55. The summed E-state index contributed by atoms with van der Waals surface area (Å²) in [5, 5.41) is 6.85. The SMILES string of the molecule is CC(C)(C)CC(C)(C)NC(=O)[C@H]1N[C@H](COCc2ccccc2)[C@H](OCc2ccccc2)[C@@H]1OCc1ccccc1. The maximum absolute atomic E-state index is 13.9. The minimum absolute atomic E-state index is 0.0677. The molecule has 6 nitrogen and oxygen atoms in total. The molecule has 0 spiro atoms. The predicted octanol–water partition coefficient (Wildman–Crippen LogP) is 6.05. The van der Waals surface area contributed by atoms with Gasteiger partial charge in [-0.1, -0.05) is 112 Å². The van der Waals surface area contributed by atoms with Crippen molar-refractivity contribution in [2.75, 3.05) is 6.61 Å². The topological polar surface area (TPSA) is 68.8 Å². The number of rotatable bonds is 13. The predicted molar refractivity (Wildman–Crippen MR) is 163 cm³/mol. The van der Waals surface area contributed by atoms with Gasteiger partial charge in [-0.25, -0.2) is 0 Å². The molecule has 3 aromatic rings. The van der Waals surface area contributed by atoms with Crippen molar-refractivity contribution < 1.29 is 19.0 Å². The number of ether oxygens (including phenoxy) is 3. The van der Waals surface area contributed by atoms with Crippen LogP contribution in [0.2, 0.25) is 0 Å². The van der Waals surface area contributed by atoms with Crippen molar-refractivity contribution in [1.82, 2.24) is 10.6 Å². The van der Waals surface area contributed by atoms with E-state index in [0.717, 1.165) is 23.1 Å². The summed E-state index contributed by atoms with van der Waals surface area (Å²) in [7, 11) is 0. The lowest BCUT2D eigenvalue weighted by molar-refractivity contribution is -0.132. The molecule has 3 aromatic carbocycles. The van der Waals surface area contributed by atoms with Gasteiger partial charge in [0.15, 0.2) is 0 Å². The summed E-state index contributed by atoms with van der Waals surface area (Å²) in [6, 6.07) is 29.4. The average Bonchev–Trinajstić information content (AvgIpc) is 3.28. The quantitative estimate of drug-likeness (QED) is 0.268. The molecule has 1 aliphatic rings. The van der Waals surface area contributed by atoms with E-state index in [4.69, 9.17) is 14.2 Å². The molecule has 1 saturated heterocycles. The average molecular weight is 559 g/mol. The Morgan fingerprint density at radius 3 is 1.66 bits per heavy atom. The van der Waals surface area contributed by atoms with E-state index in [-0.39, 0.29) is 22.9 Å². The van der Waals surface area contributed by atoms with E-state index in [1.807, 2.05) is 91.0 Å². The number of hydrogen-bond acceptors (Lipinski definition) is 5. The molecular weight excluding hydrogens is 512 g/mol. The molecule has 220 valence electrons. The van der Waals surface area contributed by atoms with Gasteiger partial charge in [-0.3, -0.25) is 10.1 Å². The van der Waals surface area contributed by atoms with Crippen LogP contribution in [0, 0.1) is 5.41 Å². The molecule has 4 rings (SSSR count). The van der Waals surface area contributed by atoms with Crippen LogP contribution in [0.1, 0.15) is 57.7 Å². The van der Waals surface area contributed by atoms with Crippen LogP contribution in [0.5, 0.6) is 0 Å². The van der Waals surface area contributed by atoms with Crippen LogP contribution in [-0.2, 0) is 38.8 Å². The van der Waals surface area contributed by atoms with Crippen LogP contribution in [0.3, 0.4) is 0 Å². The highest BCUT2D eigenvalue weighted by Crippen LogP contribution is 2.29. The molecule has 1 aliphatic heterocycles. The second-order valence-corrected chi connectivity index (χ2v) is 12.9. The summed E-state index contributed by atoms with van der Waals surface area (Å²) in [4.78, 5) is 13.9. The van der Waals surface area contributed by atoms with Gasteiger partial charge in [0.2, 0.25) is 5.91 Å². The van der Waals surface area contributed by atoms with Gasteiger partial charge >= 0.3 is 0 Å². The number of carbonyl (C=O) groups is 1. The minimum Gasteiger partial charge on any atom is -0.375 e. The molecule has 0 saturated carbocycles. The zero-order valence-electron chi connectivity index (χ0n) is 25.1. The molecule has 0 aliphatic carbocycles. The summed E-state index contributed by atoms with van der Waals surface area (Å²) in [6.07, 6.45) is -0.0585. The van der Waals surface area contributed by atoms with Crippen molar-refractivity contribution in [1.29, 1.82) is 0 Å². The van der Waals surface area contributed by atoms with Gasteiger partial charge in [0.25, 0.3) is 0 Å². The first-order valence-corrected chi connectivity index (χ1v) is 14.6. The molecule has 4 atom stereocenters. The van der Waals surface area contributed by atoms with Gasteiger partial charge in [0.05, 0.1) is 32.5 Å². The Kier molecular flexibility index (Phi) is 10.7. The van der Waals surface area contributed by atoms with Crippen LogP contribution in [0.25, 0.3) is 0 Å². The number of hydrogen-bond donors (Lipinski definition) is 2. The maximum atomic E-state index is 13.9. The highest BCUT2D eigenvalue weighted by molar-refractivity contribution is 5.83. The van der Waals surface area contributed by atoms with Gasteiger partial charge in [-0.05, 0) is 42.4 Å². The minimum atomic E-state index is -0.593. The molecule has 1 fully saturated rings. The third-order valence-electron chi connectivity index (χ3n) is 7.14. The van der Waals surface area contributed by atoms with Gasteiger partial charge in [0.1, 0.15) is 18.2 Å². The van der Waals surface area contributed by atoms with Crippen molar-refractivity contribution in [3.05, 3.63) is 108 Å². The fourth-order valence-corrected chi connectivity index (χ4v) is 5.80. The standard InChI is InChI=1S/C35H46N2O4/c1-34(2,3)25-35(4,5)37-33(38)30-32(41-23-28-19-13-8-14-20-28)31(40-22-27-17-11-7-12-18-27)29(36-30)24-39-21-26-15-9-6-10-16-26/h6-20,29-32,36H,21-25H2,1-5H3,(H,37,38)/t29-,30+,31+,32-/m1/s1. The summed E-state index contributed by atoms with van der Waals surface area (Å²) in [5.74, 6) is -0.0869. The van der Waals surface area contributed by atoms with E-state index in [0.29, 0.717) is 26.4 Å². The second-order valence-electron chi connectivity index (χ2n) is 12.9. The van der Waals surface area contributed by atoms with Crippen LogP contribution in [0.4, 0.5) is 0 Å². The highest BCUT2D eigenvalue weighted by atomic mass is 16.5. The van der Waals surface area contributed by atoms with Crippen molar-refractivity contribution in [2.45, 2.75) is 90.7 Å². The van der Waals surface area contributed by atoms with Crippen LogP contribution in [0.15, 0.2) is 91.0 Å². The van der Waals surface area contributed by atoms with Crippen molar-refractivity contribution in [3.63, 3.8) is 0 Å². The Morgan fingerprint density at radius 2 is 1.17 bits per heavy atom. The number of nitrogens with one attached hydrogen (secondary N) is 2. The smallest absolute Gasteiger partial charge is 0.240 e. The molecule has 0 aromatic heterocycles. The normalized spacial score (nSPS) is 21.1. The highest BCUT2D eigenvalue weighted by Gasteiger charge is 2.49. The lowest BCUT2D eigenvalue weighted by Crippen LogP contribution is -2.55. The second kappa shape index (κ2) is 14.2. The maximum Gasteiger partial charge on any atom is 0.240 e. The third-order valence-corrected chi connectivity index (χ3v) is 7.14. The summed E-state index contributed by atoms with van der Waals surface area (Å²) in [6.45, 7) is 12.4. The zero-order valence-corrected chi connectivity index (χ0v) is 25.1. The van der Waals surface area contributed by atoms with E-state index >= 15 is 0 Å². The van der Waals surface area contributed by atoms with Crippen LogP contribution >= 0.6 is 0 Å². The first-order chi connectivity index (χ1) is 19.6. The lowest BCUT2D eigenvalue weighted by atomic mass is 9.81. The fourth-order valence-electron chi connectivity index (χ4n) is 5.80. The molecule has 0 unspecified atom stereocenters. The van der Waals surface area contributed by atoms with Crippen LogP contribution < -0.4 is 10.6 Å². The Hall–Kier alpha value is -3.03. The molecule has 0 bridgehead atoms. The molecule has 41 heavy (non-hydrogen) atoms. The van der Waals surface area contributed by atoms with Crippen LogP contribution in [-0.4, -0.2) is 42.3 Å². The Morgan fingerprint density at radius 1 is 0.707 bits per heavy atom. The van der Waals surface area contributed by atoms with Gasteiger partial charge in [-0.2, -0.15) is 0 Å². The van der Waals surface area contributed by atoms with E-state index < -0.39 is 18.2 Å². The van der Waals surface area contributed by atoms with Gasteiger partial charge < -0.3 is 19.5 Å². The number of amides is 1. The fraction of sp³-hybridized carbons (Fsp3) is 0.457. The van der Waals surface area contributed by atoms with Gasteiger partial charge in [-0.15, -0.1) is 0 Å². The van der Waals surface area contributed by atoms with E-state index in [1.54, 1.807) is 0 Å². The van der Waals surface area contributed by atoms with E-state index in [1.165, 1.54) is 0 Å². The molecule has 1 heterocycles. The third kappa shape index (κ3) is 9.79. The molecule has 2 N–H and O–H groups in total. The number of benzene rings is 3. The monoisotopic (exact) mass is 558 g/mol. The molecule has 1 amide bonds. The van der Waals surface area contributed by atoms with Crippen molar-refractivity contribution >= 4 is 5.91 Å². The summed E-state index contributed by atoms with van der Waals surface area (Å²) < 4.78 is 19.2. The van der Waals surface area contributed by atoms with Crippen molar-refractivity contribution in [2.24, 2.45) is 5.41 Å². The van der Waals surface area contributed by atoms with E-state index in [2.05, 4.69) is 45.3 Å². The molecule has 0 radical (unpaired) electrons. The van der Waals surface area contributed by atoms with Gasteiger partial charge in [0, 0.05) is 5.54 Å².